The quantitative estimate of drug-likeness (QED) is 0.480. The number of nitrogens with one attached hydrogen (secondary N) is 2. The summed E-state index contributed by atoms with van der Waals surface area (Å²) in [5, 5.41) is 12.8. The van der Waals surface area contributed by atoms with Crippen LogP contribution in [0.25, 0.3) is 0 Å². The van der Waals surface area contributed by atoms with E-state index in [1.165, 1.54) is 6.21 Å². The van der Waals surface area contributed by atoms with Crippen LogP contribution < -0.4 is 16.1 Å². The molecule has 0 bridgehead atoms. The molecule has 1 amide bonds. The fourth-order valence-electron chi connectivity index (χ4n) is 1.90. The Morgan fingerprint density at radius 3 is 2.71 bits per heavy atom. The summed E-state index contributed by atoms with van der Waals surface area (Å²) in [5.74, 6) is -0.643. The van der Waals surface area contributed by atoms with Gasteiger partial charge < -0.3 is 10.3 Å². The van der Waals surface area contributed by atoms with Crippen molar-refractivity contribution in [2.75, 3.05) is 5.73 Å². The van der Waals surface area contributed by atoms with Crippen LogP contribution in [0.15, 0.2) is 11.2 Å². The van der Waals surface area contributed by atoms with E-state index in [-0.39, 0.29) is 26.6 Å². The molecular formula is C14H12Cl3N6O+. The molecule has 24 heavy (non-hydrogen) atoms. The molecule has 2 heterocycles. The van der Waals surface area contributed by atoms with Crippen molar-refractivity contribution in [1.29, 1.82) is 5.26 Å². The highest BCUT2D eigenvalue weighted by molar-refractivity contribution is 6.45. The predicted molar refractivity (Wildman–Crippen MR) is 92.4 cm³/mol. The van der Waals surface area contributed by atoms with Crippen molar-refractivity contribution in [3.8, 4) is 6.07 Å². The van der Waals surface area contributed by atoms with E-state index in [4.69, 9.17) is 45.8 Å². The SMILES string of the molecule is Cc1c(/C=N/NC(=O)c2[nH+]c(Cl)c(Cl)c(N)c2Cl)cc(C#N)n1C. The van der Waals surface area contributed by atoms with Crippen molar-refractivity contribution in [3.63, 3.8) is 0 Å². The van der Waals surface area contributed by atoms with E-state index in [9.17, 15) is 4.79 Å². The van der Waals surface area contributed by atoms with Gasteiger partial charge in [0.1, 0.15) is 21.8 Å². The highest BCUT2D eigenvalue weighted by Crippen LogP contribution is 2.31. The second kappa shape index (κ2) is 7.09. The summed E-state index contributed by atoms with van der Waals surface area (Å²) in [5.41, 5.74) is 9.90. The number of H-pyrrole nitrogens is 1. The summed E-state index contributed by atoms with van der Waals surface area (Å²) in [6.07, 6.45) is 1.42. The fourth-order valence-corrected chi connectivity index (χ4v) is 2.52. The number of nitrogen functional groups attached to an aromatic ring is 1. The molecule has 0 aliphatic heterocycles. The van der Waals surface area contributed by atoms with Crippen LogP contribution >= 0.6 is 34.8 Å². The van der Waals surface area contributed by atoms with E-state index in [0.717, 1.165) is 5.69 Å². The molecule has 4 N–H and O–H groups in total. The molecule has 0 aliphatic rings. The van der Waals surface area contributed by atoms with Gasteiger partial charge in [-0.2, -0.15) is 15.3 Å². The first-order valence-electron chi connectivity index (χ1n) is 6.53. The normalized spacial score (nSPS) is 10.8. The number of rotatable bonds is 3. The van der Waals surface area contributed by atoms with Crippen LogP contribution in [0.4, 0.5) is 5.69 Å². The van der Waals surface area contributed by atoms with Crippen LogP contribution in [0.5, 0.6) is 0 Å². The highest BCUT2D eigenvalue weighted by Gasteiger charge is 2.25. The van der Waals surface area contributed by atoms with Crippen molar-refractivity contribution in [2.24, 2.45) is 12.1 Å². The van der Waals surface area contributed by atoms with Crippen LogP contribution in [0.1, 0.15) is 27.4 Å². The second-order valence-corrected chi connectivity index (χ2v) is 5.93. The average Bonchev–Trinajstić information content (AvgIpc) is 2.84. The topological polar surface area (TPSA) is 110 Å². The number of nitrogens with zero attached hydrogens (tertiary/aromatic N) is 3. The number of nitrogens with two attached hydrogens (primary N) is 1. The average molecular weight is 387 g/mol. The summed E-state index contributed by atoms with van der Waals surface area (Å²) in [6.45, 7) is 1.83. The summed E-state index contributed by atoms with van der Waals surface area (Å²) >= 11 is 17.7. The first kappa shape index (κ1) is 18.1. The van der Waals surface area contributed by atoms with Crippen LogP contribution in [-0.2, 0) is 7.05 Å². The van der Waals surface area contributed by atoms with E-state index in [1.807, 2.05) is 6.92 Å². The van der Waals surface area contributed by atoms with Gasteiger partial charge in [-0.3, -0.25) is 4.79 Å². The standard InChI is InChI=1S/C14H11Cl3N6O/c1-6-7(3-8(4-18)23(6)2)5-20-22-14(24)12-9(15)11(19)10(16)13(17)21-12/h3,5H,1-2H3,(H2,19,21)(H,22,24)/p+1/b20-5+. The lowest BCUT2D eigenvalue weighted by atomic mass is 10.3. The van der Waals surface area contributed by atoms with Gasteiger partial charge in [-0.1, -0.05) is 23.2 Å². The predicted octanol–water partition coefficient (Wildman–Crippen LogP) is 2.33. The molecule has 0 radical (unpaired) electrons. The molecule has 0 spiro atoms. The third-order valence-corrected chi connectivity index (χ3v) is 4.57. The van der Waals surface area contributed by atoms with Gasteiger partial charge in [-0.05, 0) is 24.6 Å². The molecule has 2 rings (SSSR count). The Balaban J connectivity index is 2.22. The Morgan fingerprint density at radius 1 is 1.46 bits per heavy atom. The maximum atomic E-state index is 12.1. The van der Waals surface area contributed by atoms with Crippen LogP contribution in [0.2, 0.25) is 15.2 Å². The number of hydrogen-bond acceptors (Lipinski definition) is 4. The molecular weight excluding hydrogens is 375 g/mol. The first-order chi connectivity index (χ1) is 11.3. The molecule has 0 aromatic carbocycles. The molecule has 0 saturated heterocycles. The van der Waals surface area contributed by atoms with E-state index >= 15 is 0 Å². The van der Waals surface area contributed by atoms with Gasteiger partial charge in [0.2, 0.25) is 0 Å². The van der Waals surface area contributed by atoms with Gasteiger partial charge in [-0.25, -0.2) is 5.43 Å². The number of carbonyl (C=O) groups is 1. The zero-order valence-corrected chi connectivity index (χ0v) is 14.9. The number of hydrazone groups is 1. The lowest BCUT2D eigenvalue weighted by molar-refractivity contribution is -0.379. The number of amides is 1. The van der Waals surface area contributed by atoms with E-state index < -0.39 is 5.91 Å². The molecule has 124 valence electrons. The minimum absolute atomic E-state index is 0.00576. The lowest BCUT2D eigenvalue weighted by Crippen LogP contribution is -2.28. The van der Waals surface area contributed by atoms with Crippen LogP contribution in [0.3, 0.4) is 0 Å². The van der Waals surface area contributed by atoms with Gasteiger partial charge in [0.15, 0.2) is 0 Å². The molecule has 0 saturated carbocycles. The Bertz CT molecular complexity index is 897. The number of aromatic nitrogens is 2. The summed E-state index contributed by atoms with van der Waals surface area (Å²) in [6, 6.07) is 3.71. The molecule has 0 aliphatic carbocycles. The Kier molecular flexibility index (Phi) is 5.34. The molecule has 0 unspecified atom stereocenters. The molecule has 10 heteroatoms. The number of carbonyl (C=O) groups excluding carboxylic acids is 1. The van der Waals surface area contributed by atoms with Crippen molar-refractivity contribution in [1.82, 2.24) is 9.99 Å². The zero-order chi connectivity index (χ0) is 18.0. The monoisotopic (exact) mass is 385 g/mol. The summed E-state index contributed by atoms with van der Waals surface area (Å²) < 4.78 is 1.72. The van der Waals surface area contributed by atoms with Gasteiger partial charge >= 0.3 is 5.91 Å². The number of pyridine rings is 1. The lowest BCUT2D eigenvalue weighted by Gasteiger charge is -2.02. The Hall–Kier alpha value is -2.27. The zero-order valence-electron chi connectivity index (χ0n) is 12.6. The molecule has 0 atom stereocenters. The van der Waals surface area contributed by atoms with E-state index in [0.29, 0.717) is 11.3 Å². The minimum atomic E-state index is -0.643. The fraction of sp³-hybridized carbons (Fsp3) is 0.143. The van der Waals surface area contributed by atoms with Gasteiger partial charge in [0.05, 0.1) is 11.9 Å². The van der Waals surface area contributed by atoms with Gasteiger partial charge in [0.25, 0.3) is 10.8 Å². The van der Waals surface area contributed by atoms with Crippen LogP contribution in [-0.4, -0.2) is 16.7 Å². The maximum absolute atomic E-state index is 12.1. The molecule has 2 aromatic rings. The summed E-state index contributed by atoms with van der Waals surface area (Å²) in [7, 11) is 1.76. The number of nitriles is 1. The molecule has 0 fully saturated rings. The highest BCUT2D eigenvalue weighted by atomic mass is 35.5. The largest absolute Gasteiger partial charge is 0.396 e. The van der Waals surface area contributed by atoms with Crippen molar-refractivity contribution in [3.05, 3.63) is 43.9 Å². The van der Waals surface area contributed by atoms with Crippen molar-refractivity contribution >= 4 is 52.6 Å². The second-order valence-electron chi connectivity index (χ2n) is 4.80. The molecule has 2 aromatic heterocycles. The third-order valence-electron chi connectivity index (χ3n) is 3.41. The van der Waals surface area contributed by atoms with E-state index in [1.54, 1.807) is 17.7 Å². The molecule has 7 nitrogen and oxygen atoms in total. The van der Waals surface area contributed by atoms with Gasteiger partial charge in [0, 0.05) is 18.3 Å². The number of hydrogen-bond donors (Lipinski definition) is 2. The summed E-state index contributed by atoms with van der Waals surface area (Å²) in [4.78, 5) is 14.7. The third kappa shape index (κ3) is 3.31. The Morgan fingerprint density at radius 2 is 2.12 bits per heavy atom. The smallest absolute Gasteiger partial charge is 0.337 e. The van der Waals surface area contributed by atoms with Crippen LogP contribution in [0, 0.1) is 18.3 Å². The van der Waals surface area contributed by atoms with E-state index in [2.05, 4.69) is 21.6 Å². The van der Waals surface area contributed by atoms with Gasteiger partial charge in [-0.15, -0.1) is 0 Å². The van der Waals surface area contributed by atoms with Crippen molar-refractivity contribution < 1.29 is 9.78 Å². The van der Waals surface area contributed by atoms with Crippen molar-refractivity contribution in [2.45, 2.75) is 6.92 Å². The maximum Gasteiger partial charge on any atom is 0.337 e. The minimum Gasteiger partial charge on any atom is -0.396 e. The Labute approximate surface area is 152 Å². The number of halogens is 3. The number of aromatic amines is 1. The number of anilines is 1. The first-order valence-corrected chi connectivity index (χ1v) is 7.66.